The molecule has 3 rings (SSSR count). The highest BCUT2D eigenvalue weighted by Crippen LogP contribution is 2.42. The standard InChI is InChI=1S/C21H21ClF4N4O3/c1-10-4-13(29-18(31)17-11(9-32-3)5-12(22)8-28-17)6-14(16(10)23)20(2)7-15(21(24,25)26)33-19(27)30-20/h4-6,8,15H,7,9H2,1-3H3,(H2,27,30)(H,29,31)/t15-,20-/m0/s1. The van der Waals surface area contributed by atoms with Crippen molar-refractivity contribution in [3.8, 4) is 0 Å². The zero-order valence-corrected chi connectivity index (χ0v) is 18.6. The Kier molecular flexibility index (Phi) is 6.85. The van der Waals surface area contributed by atoms with E-state index in [0.717, 1.165) is 0 Å². The fourth-order valence-electron chi connectivity index (χ4n) is 3.59. The van der Waals surface area contributed by atoms with Crippen LogP contribution in [0, 0.1) is 12.7 Å². The van der Waals surface area contributed by atoms with E-state index < -0.39 is 42.0 Å². The first-order valence-corrected chi connectivity index (χ1v) is 10.1. The van der Waals surface area contributed by atoms with Gasteiger partial charge >= 0.3 is 6.18 Å². The first-order valence-electron chi connectivity index (χ1n) is 9.68. The molecule has 7 nitrogen and oxygen atoms in total. The largest absolute Gasteiger partial charge is 0.452 e. The number of pyridine rings is 1. The molecule has 0 aliphatic carbocycles. The number of carbonyl (C=O) groups is 1. The number of aryl methyl sites for hydroxylation is 1. The van der Waals surface area contributed by atoms with Crippen LogP contribution in [0.15, 0.2) is 29.4 Å². The van der Waals surface area contributed by atoms with Crippen LogP contribution in [0.25, 0.3) is 0 Å². The summed E-state index contributed by atoms with van der Waals surface area (Å²) in [4.78, 5) is 20.8. The first kappa shape index (κ1) is 24.7. The molecule has 0 spiro atoms. The number of hydrogen-bond acceptors (Lipinski definition) is 6. The quantitative estimate of drug-likeness (QED) is 0.605. The summed E-state index contributed by atoms with van der Waals surface area (Å²) in [6.45, 7) is 2.80. The molecule has 0 saturated carbocycles. The highest BCUT2D eigenvalue weighted by molar-refractivity contribution is 6.30. The normalized spacial score (nSPS) is 20.7. The third-order valence-electron chi connectivity index (χ3n) is 5.11. The molecule has 2 aromatic rings. The van der Waals surface area contributed by atoms with Crippen LogP contribution in [0.1, 0.15) is 40.5 Å². The Hall–Kier alpha value is -2.92. The van der Waals surface area contributed by atoms with Gasteiger partial charge in [0.1, 0.15) is 11.5 Å². The molecule has 178 valence electrons. The van der Waals surface area contributed by atoms with Gasteiger partial charge in [0.05, 0.1) is 17.2 Å². The summed E-state index contributed by atoms with van der Waals surface area (Å²) in [5.74, 6) is -1.40. The number of nitrogens with zero attached hydrogens (tertiary/aromatic N) is 2. The maximum Gasteiger partial charge on any atom is 0.425 e. The number of methoxy groups -OCH3 is 1. The van der Waals surface area contributed by atoms with Crippen LogP contribution in [0.2, 0.25) is 5.02 Å². The van der Waals surface area contributed by atoms with Gasteiger partial charge in [0, 0.05) is 36.5 Å². The van der Waals surface area contributed by atoms with Gasteiger partial charge in [-0.25, -0.2) is 14.4 Å². The Balaban J connectivity index is 1.99. The molecule has 1 amide bonds. The number of benzene rings is 1. The Bertz CT molecular complexity index is 1110. The smallest absolute Gasteiger partial charge is 0.425 e. The van der Waals surface area contributed by atoms with E-state index in [-0.39, 0.29) is 29.1 Å². The number of aromatic nitrogens is 1. The van der Waals surface area contributed by atoms with Crippen molar-refractivity contribution in [2.75, 3.05) is 12.4 Å². The topological polar surface area (TPSA) is 98.8 Å². The van der Waals surface area contributed by atoms with E-state index in [1.807, 2.05) is 0 Å². The van der Waals surface area contributed by atoms with Crippen molar-refractivity contribution in [3.63, 3.8) is 0 Å². The van der Waals surface area contributed by atoms with Crippen molar-refractivity contribution in [2.45, 2.75) is 44.7 Å². The van der Waals surface area contributed by atoms with Crippen molar-refractivity contribution >= 4 is 29.2 Å². The van der Waals surface area contributed by atoms with Crippen molar-refractivity contribution in [2.24, 2.45) is 10.7 Å². The van der Waals surface area contributed by atoms with Gasteiger partial charge in [0.2, 0.25) is 0 Å². The minimum atomic E-state index is -4.73. The van der Waals surface area contributed by atoms with E-state index in [4.69, 9.17) is 22.1 Å². The number of hydrogen-bond donors (Lipinski definition) is 2. The Labute approximate surface area is 191 Å². The van der Waals surface area contributed by atoms with Gasteiger partial charge in [0.25, 0.3) is 11.9 Å². The molecule has 33 heavy (non-hydrogen) atoms. The summed E-state index contributed by atoms with van der Waals surface area (Å²) in [6, 6.07) is 3.39. The molecular weight excluding hydrogens is 468 g/mol. The minimum absolute atomic E-state index is 0.0291. The molecule has 12 heteroatoms. The lowest BCUT2D eigenvalue weighted by Crippen LogP contribution is -2.46. The summed E-state index contributed by atoms with van der Waals surface area (Å²) in [5.41, 5.74) is 4.31. The number of amides is 1. The van der Waals surface area contributed by atoms with Gasteiger partial charge in [-0.3, -0.25) is 4.79 Å². The second-order valence-electron chi connectivity index (χ2n) is 7.78. The van der Waals surface area contributed by atoms with Gasteiger partial charge < -0.3 is 20.5 Å². The monoisotopic (exact) mass is 488 g/mol. The van der Waals surface area contributed by atoms with Crippen LogP contribution < -0.4 is 11.1 Å². The Morgan fingerprint density at radius 3 is 2.73 bits per heavy atom. The second-order valence-corrected chi connectivity index (χ2v) is 8.22. The highest BCUT2D eigenvalue weighted by Gasteiger charge is 2.50. The molecule has 1 aromatic heterocycles. The lowest BCUT2D eigenvalue weighted by atomic mass is 9.84. The lowest BCUT2D eigenvalue weighted by molar-refractivity contribution is -0.208. The predicted octanol–water partition coefficient (Wildman–Crippen LogP) is 4.46. The molecule has 0 saturated heterocycles. The van der Waals surface area contributed by atoms with Crippen LogP contribution >= 0.6 is 11.6 Å². The average Bonchev–Trinajstić information content (AvgIpc) is 2.69. The van der Waals surface area contributed by atoms with Crippen molar-refractivity contribution in [1.82, 2.24) is 4.98 Å². The highest BCUT2D eigenvalue weighted by atomic mass is 35.5. The lowest BCUT2D eigenvalue weighted by Gasteiger charge is -2.36. The fourth-order valence-corrected chi connectivity index (χ4v) is 3.77. The molecular formula is C21H21ClF4N4O3. The van der Waals surface area contributed by atoms with Crippen molar-refractivity contribution in [3.05, 3.63) is 57.6 Å². The number of alkyl halides is 3. The molecule has 0 unspecified atom stereocenters. The molecule has 2 heterocycles. The van der Waals surface area contributed by atoms with E-state index in [2.05, 4.69) is 20.0 Å². The van der Waals surface area contributed by atoms with E-state index in [9.17, 15) is 18.0 Å². The summed E-state index contributed by atoms with van der Waals surface area (Å²) in [7, 11) is 1.44. The van der Waals surface area contributed by atoms with Gasteiger partial charge in [-0.2, -0.15) is 13.2 Å². The van der Waals surface area contributed by atoms with E-state index in [1.165, 1.54) is 45.4 Å². The number of nitrogens with one attached hydrogen (secondary N) is 1. The average molecular weight is 489 g/mol. The maximum absolute atomic E-state index is 15.0. The van der Waals surface area contributed by atoms with Gasteiger partial charge in [0.15, 0.2) is 6.10 Å². The summed E-state index contributed by atoms with van der Waals surface area (Å²) >= 11 is 5.93. The van der Waals surface area contributed by atoms with Crippen LogP contribution in [-0.4, -0.2) is 36.3 Å². The molecule has 1 aliphatic rings. The number of halogens is 5. The Morgan fingerprint density at radius 2 is 2.09 bits per heavy atom. The number of carbonyl (C=O) groups excluding carboxylic acids is 1. The SMILES string of the molecule is COCc1cc(Cl)cnc1C(=O)Nc1cc(C)c(F)c([C@]2(C)C[C@@H](C(F)(F)F)OC(N)=N2)c1. The molecule has 0 radical (unpaired) electrons. The number of amidine groups is 1. The predicted molar refractivity (Wildman–Crippen MR) is 114 cm³/mol. The second kappa shape index (κ2) is 9.14. The van der Waals surface area contributed by atoms with E-state index in [0.29, 0.717) is 10.6 Å². The van der Waals surface area contributed by atoms with Crippen LogP contribution in [-0.2, 0) is 21.6 Å². The minimum Gasteiger partial charge on any atom is -0.452 e. The summed E-state index contributed by atoms with van der Waals surface area (Å²) < 4.78 is 64.6. The molecule has 2 atom stereocenters. The van der Waals surface area contributed by atoms with Gasteiger partial charge in [-0.05, 0) is 37.6 Å². The zero-order valence-electron chi connectivity index (χ0n) is 17.9. The third-order valence-corrected chi connectivity index (χ3v) is 5.32. The number of aliphatic imine (C=N–C) groups is 1. The van der Waals surface area contributed by atoms with Crippen molar-refractivity contribution < 1.29 is 31.8 Å². The third kappa shape index (κ3) is 5.36. The maximum atomic E-state index is 15.0. The summed E-state index contributed by atoms with van der Waals surface area (Å²) in [6.07, 6.45) is -6.39. The molecule has 0 fully saturated rings. The Morgan fingerprint density at radius 1 is 1.39 bits per heavy atom. The molecule has 0 bridgehead atoms. The first-order chi connectivity index (χ1) is 15.3. The summed E-state index contributed by atoms with van der Waals surface area (Å²) in [5, 5.41) is 2.90. The zero-order chi connectivity index (χ0) is 24.6. The van der Waals surface area contributed by atoms with E-state index in [1.54, 1.807) is 0 Å². The van der Waals surface area contributed by atoms with Crippen LogP contribution in [0.3, 0.4) is 0 Å². The van der Waals surface area contributed by atoms with Gasteiger partial charge in [-0.1, -0.05) is 11.6 Å². The number of rotatable bonds is 5. The number of nitrogens with two attached hydrogens (primary N) is 1. The number of ether oxygens (including phenoxy) is 2. The van der Waals surface area contributed by atoms with Gasteiger partial charge in [-0.15, -0.1) is 0 Å². The molecule has 1 aromatic carbocycles. The molecule has 1 aliphatic heterocycles. The fraction of sp³-hybridized carbons (Fsp3) is 0.381. The number of anilines is 1. The van der Waals surface area contributed by atoms with Crippen molar-refractivity contribution in [1.29, 1.82) is 0 Å². The van der Waals surface area contributed by atoms with E-state index >= 15 is 4.39 Å². The van der Waals surface area contributed by atoms with Crippen LogP contribution in [0.5, 0.6) is 0 Å². The van der Waals surface area contributed by atoms with Crippen LogP contribution in [0.4, 0.5) is 23.2 Å². The molecule has 3 N–H and O–H groups in total.